The first kappa shape index (κ1) is 38.0. The van der Waals surface area contributed by atoms with Gasteiger partial charge < -0.3 is 24.1 Å². The summed E-state index contributed by atoms with van der Waals surface area (Å²) in [7, 11) is 1.88. The van der Waals surface area contributed by atoms with Gasteiger partial charge in [0.05, 0.1) is 36.5 Å². The zero-order chi connectivity index (χ0) is 34.8. The average Bonchev–Trinajstić information content (AvgIpc) is 3.38. The number of amidine groups is 1. The van der Waals surface area contributed by atoms with Gasteiger partial charge in [-0.2, -0.15) is 0 Å². The van der Waals surface area contributed by atoms with Crippen molar-refractivity contribution in [2.75, 3.05) is 23.4 Å². The Morgan fingerprint density at radius 2 is 1.69 bits per heavy atom. The molecule has 260 valence electrons. The van der Waals surface area contributed by atoms with E-state index in [1.807, 2.05) is 17.7 Å². The average molecular weight is 694 g/mol. The van der Waals surface area contributed by atoms with Crippen LogP contribution in [0.2, 0.25) is 0 Å². The summed E-state index contributed by atoms with van der Waals surface area (Å²) in [6.45, 7) is 7.21. The van der Waals surface area contributed by atoms with Crippen molar-refractivity contribution in [2.45, 2.75) is 47.0 Å². The van der Waals surface area contributed by atoms with Crippen molar-refractivity contribution in [1.82, 2.24) is 19.9 Å². The lowest BCUT2D eigenvalue weighted by Crippen LogP contribution is -2.35. The Bertz CT molecular complexity index is 1780. The lowest BCUT2D eigenvalue weighted by atomic mass is 10.1. The quantitative estimate of drug-likeness (QED) is 0.0730. The number of ether oxygens (including phenoxy) is 3. The van der Waals surface area contributed by atoms with Crippen LogP contribution in [0.25, 0.3) is 11.0 Å². The van der Waals surface area contributed by atoms with Crippen molar-refractivity contribution in [2.24, 2.45) is 13.0 Å². The summed E-state index contributed by atoms with van der Waals surface area (Å²) in [4.78, 5) is 60.0. The predicted molar refractivity (Wildman–Crippen MR) is 186 cm³/mol. The highest BCUT2D eigenvalue weighted by molar-refractivity contribution is 6.07. The number of amides is 2. The molecule has 1 unspecified atom stereocenters. The van der Waals surface area contributed by atoms with Gasteiger partial charge in [-0.25, -0.2) is 14.8 Å². The molecule has 0 saturated heterocycles. The number of benzene rings is 2. The number of carbonyl (C=O) groups is 4. The number of nitrogens with one attached hydrogen (secondary N) is 3. The van der Waals surface area contributed by atoms with Crippen LogP contribution in [0.15, 0.2) is 66.9 Å². The lowest BCUT2D eigenvalue weighted by Gasteiger charge is -2.21. The molecule has 0 fully saturated rings. The molecule has 0 aliphatic rings. The van der Waals surface area contributed by atoms with Crippen LogP contribution in [0.4, 0.5) is 16.3 Å². The number of alkyl carbamates (subject to hydrolysis) is 1. The number of esters is 2. The molecule has 1 atom stereocenters. The minimum absolute atomic E-state index is 0. The van der Waals surface area contributed by atoms with Crippen LogP contribution < -0.4 is 15.5 Å². The number of aryl methyl sites for hydroxylation is 1. The molecular weight excluding hydrogens is 654 g/mol. The summed E-state index contributed by atoms with van der Waals surface area (Å²) in [5.41, 5.74) is 3.04. The van der Waals surface area contributed by atoms with Crippen LogP contribution >= 0.6 is 12.4 Å². The van der Waals surface area contributed by atoms with Crippen LogP contribution in [-0.2, 0) is 37.4 Å². The molecule has 3 N–H and O–H groups in total. The maximum atomic E-state index is 13.6. The van der Waals surface area contributed by atoms with Crippen molar-refractivity contribution in [1.29, 1.82) is 5.41 Å². The molecule has 14 nitrogen and oxygen atoms in total. The molecular formula is C34H40ClN7O7. The van der Waals surface area contributed by atoms with Crippen LogP contribution in [0, 0.1) is 11.3 Å². The summed E-state index contributed by atoms with van der Waals surface area (Å²) in [6.07, 6.45) is -0.402. The van der Waals surface area contributed by atoms with E-state index in [1.54, 1.807) is 81.6 Å². The van der Waals surface area contributed by atoms with Gasteiger partial charge in [-0.15, -0.1) is 12.4 Å². The molecule has 2 heterocycles. The fourth-order valence-corrected chi connectivity index (χ4v) is 4.58. The van der Waals surface area contributed by atoms with Crippen LogP contribution in [0.3, 0.4) is 0 Å². The van der Waals surface area contributed by atoms with Gasteiger partial charge >= 0.3 is 18.0 Å². The highest BCUT2D eigenvalue weighted by Gasteiger charge is 2.22. The van der Waals surface area contributed by atoms with Gasteiger partial charge in [-0.05, 0) is 61.5 Å². The van der Waals surface area contributed by atoms with Crippen molar-refractivity contribution in [3.8, 4) is 0 Å². The van der Waals surface area contributed by atoms with E-state index in [0.29, 0.717) is 34.8 Å². The van der Waals surface area contributed by atoms with Gasteiger partial charge in [0.25, 0.3) is 5.91 Å². The van der Waals surface area contributed by atoms with E-state index in [0.717, 1.165) is 11.2 Å². The Hall–Kier alpha value is -5.50. The molecule has 4 rings (SSSR count). The van der Waals surface area contributed by atoms with Gasteiger partial charge in [0, 0.05) is 43.5 Å². The Morgan fingerprint density at radius 1 is 0.980 bits per heavy atom. The normalized spacial score (nSPS) is 11.2. The van der Waals surface area contributed by atoms with Gasteiger partial charge in [0.2, 0.25) is 6.29 Å². The Labute approximate surface area is 290 Å². The molecule has 0 aliphatic heterocycles. The van der Waals surface area contributed by atoms with E-state index in [4.69, 9.17) is 24.6 Å². The number of halogens is 1. The third-order valence-corrected chi connectivity index (χ3v) is 7.11. The van der Waals surface area contributed by atoms with Gasteiger partial charge in [-0.3, -0.25) is 30.0 Å². The first-order valence-electron chi connectivity index (χ1n) is 15.4. The topological polar surface area (TPSA) is 178 Å². The summed E-state index contributed by atoms with van der Waals surface area (Å²) >= 11 is 0. The summed E-state index contributed by atoms with van der Waals surface area (Å²) in [6, 6.07) is 17.3. The van der Waals surface area contributed by atoms with Gasteiger partial charge in [0.15, 0.2) is 0 Å². The number of hydrogen-bond donors (Lipinski definition) is 3. The number of anilines is 2. The minimum Gasteiger partial charge on any atom is -0.466 e. The molecule has 2 aromatic carbocycles. The molecule has 0 spiro atoms. The third-order valence-electron chi connectivity index (χ3n) is 7.11. The minimum atomic E-state index is -1.10. The monoisotopic (exact) mass is 693 g/mol. The number of rotatable bonds is 13. The summed E-state index contributed by atoms with van der Waals surface area (Å²) in [5.74, 6) is -0.624. The van der Waals surface area contributed by atoms with E-state index in [2.05, 4.69) is 15.6 Å². The highest BCUT2D eigenvalue weighted by atomic mass is 35.5. The van der Waals surface area contributed by atoms with Crippen molar-refractivity contribution >= 4 is 64.7 Å². The zero-order valence-electron chi connectivity index (χ0n) is 27.9. The Kier molecular flexibility index (Phi) is 13.6. The second kappa shape index (κ2) is 17.6. The SMILES string of the molecule is CCOC(=O)CCN(C(=O)c1ccc2c(c1)nc(CNc1ccc(C(=N)NC(=O)OC(C)OC(=O)C(C)C)cc1)n2C)c1ccccn1.Cl. The first-order chi connectivity index (χ1) is 23.0. The number of nitrogens with zero attached hydrogens (tertiary/aromatic N) is 4. The second-order valence-electron chi connectivity index (χ2n) is 11.0. The number of carbonyl (C=O) groups excluding carboxylic acids is 4. The molecule has 2 aromatic heterocycles. The van der Waals surface area contributed by atoms with Gasteiger partial charge in [-0.1, -0.05) is 19.9 Å². The van der Waals surface area contributed by atoms with Crippen LogP contribution in [-0.4, -0.2) is 63.8 Å². The summed E-state index contributed by atoms with van der Waals surface area (Å²) in [5, 5.41) is 13.8. The Morgan fingerprint density at radius 3 is 2.35 bits per heavy atom. The standard InChI is InChI=1S/C34H39N7O7.ClH/c1-6-46-30(42)16-18-41(28-9-7-8-17-36-28)32(43)24-12-15-27-26(19-24)38-29(40(27)5)20-37-25-13-10-23(11-14-25)31(35)39-34(45)48-22(4)47-33(44)21(2)3;/h7-15,17,19,21-22,37H,6,16,18,20H2,1-5H3,(H2,35,39,45);1H. The Balaban J connectivity index is 0.00000650. The highest BCUT2D eigenvalue weighted by Crippen LogP contribution is 2.21. The number of fused-ring (bicyclic) bond motifs is 1. The molecule has 2 amide bonds. The smallest absolute Gasteiger partial charge is 0.415 e. The molecule has 49 heavy (non-hydrogen) atoms. The molecule has 4 aromatic rings. The molecule has 0 bridgehead atoms. The molecule has 0 aliphatic carbocycles. The van der Waals surface area contributed by atoms with Crippen LogP contribution in [0.5, 0.6) is 0 Å². The fourth-order valence-electron chi connectivity index (χ4n) is 4.58. The van der Waals surface area contributed by atoms with E-state index in [9.17, 15) is 19.2 Å². The number of aromatic nitrogens is 3. The maximum absolute atomic E-state index is 13.6. The number of imidazole rings is 1. The molecule has 0 saturated carbocycles. The second-order valence-corrected chi connectivity index (χ2v) is 11.0. The lowest BCUT2D eigenvalue weighted by molar-refractivity contribution is -0.168. The van der Waals surface area contributed by atoms with Crippen molar-refractivity contribution < 1.29 is 33.4 Å². The number of hydrogen-bond acceptors (Lipinski definition) is 11. The van der Waals surface area contributed by atoms with Crippen molar-refractivity contribution in [3.63, 3.8) is 0 Å². The van der Waals surface area contributed by atoms with Crippen LogP contribution in [0.1, 0.15) is 55.9 Å². The van der Waals surface area contributed by atoms with Gasteiger partial charge in [0.1, 0.15) is 17.5 Å². The van der Waals surface area contributed by atoms with E-state index >= 15 is 0 Å². The zero-order valence-corrected chi connectivity index (χ0v) is 28.7. The first-order valence-corrected chi connectivity index (χ1v) is 15.4. The number of pyridine rings is 1. The largest absolute Gasteiger partial charge is 0.466 e. The van der Waals surface area contributed by atoms with E-state index in [-0.39, 0.29) is 49.6 Å². The van der Waals surface area contributed by atoms with E-state index < -0.39 is 24.3 Å². The molecule has 0 radical (unpaired) electrons. The summed E-state index contributed by atoms with van der Waals surface area (Å²) < 4.78 is 17.0. The predicted octanol–water partition coefficient (Wildman–Crippen LogP) is 5.20. The van der Waals surface area contributed by atoms with E-state index in [1.165, 1.54) is 11.8 Å². The van der Waals surface area contributed by atoms with Crippen molar-refractivity contribution in [3.05, 3.63) is 83.8 Å². The molecule has 15 heteroatoms. The third kappa shape index (κ3) is 10.2. The maximum Gasteiger partial charge on any atom is 0.415 e. The fraction of sp³-hybridized carbons (Fsp3) is 0.324.